The minimum absolute atomic E-state index is 0.0848. The molecule has 156 valence electrons. The van der Waals surface area contributed by atoms with E-state index in [0.29, 0.717) is 13.1 Å². The second-order valence-corrected chi connectivity index (χ2v) is 7.81. The van der Waals surface area contributed by atoms with Crippen LogP contribution in [0.5, 0.6) is 0 Å². The van der Waals surface area contributed by atoms with Crippen molar-refractivity contribution in [2.24, 2.45) is 0 Å². The van der Waals surface area contributed by atoms with Gasteiger partial charge in [0.2, 0.25) is 11.5 Å². The first-order valence-electron chi connectivity index (χ1n) is 10.5. The van der Waals surface area contributed by atoms with Crippen LogP contribution in [0.1, 0.15) is 25.4 Å². The number of aromatic amines is 1. The van der Waals surface area contributed by atoms with Crippen molar-refractivity contribution in [3.8, 4) is 22.5 Å². The Morgan fingerprint density at radius 1 is 1.19 bits per heavy atom. The molecule has 0 aliphatic carbocycles. The van der Waals surface area contributed by atoms with Crippen molar-refractivity contribution in [2.75, 3.05) is 6.54 Å². The first-order valence-corrected chi connectivity index (χ1v) is 10.5. The number of aromatic nitrogens is 4. The van der Waals surface area contributed by atoms with Gasteiger partial charge in [-0.2, -0.15) is 0 Å². The van der Waals surface area contributed by atoms with Gasteiger partial charge in [-0.05, 0) is 17.5 Å². The van der Waals surface area contributed by atoms with Crippen LogP contribution >= 0.6 is 0 Å². The van der Waals surface area contributed by atoms with Gasteiger partial charge < -0.3 is 14.5 Å². The maximum Gasteiger partial charge on any atom is 0.247 e. The van der Waals surface area contributed by atoms with Gasteiger partial charge in [-0.3, -0.25) is 14.6 Å². The molecule has 4 aromatic rings. The van der Waals surface area contributed by atoms with Gasteiger partial charge in [0.15, 0.2) is 0 Å². The first kappa shape index (κ1) is 19.2. The summed E-state index contributed by atoms with van der Waals surface area (Å²) in [6.07, 6.45) is 4.39. The Morgan fingerprint density at radius 2 is 2.06 bits per heavy atom. The molecule has 31 heavy (non-hydrogen) atoms. The van der Waals surface area contributed by atoms with Crippen LogP contribution in [0.15, 0.2) is 53.6 Å². The van der Waals surface area contributed by atoms with E-state index in [9.17, 15) is 9.59 Å². The Labute approximate surface area is 179 Å². The highest BCUT2D eigenvalue weighted by Gasteiger charge is 2.26. The number of amides is 1. The third-order valence-electron chi connectivity index (χ3n) is 5.95. The van der Waals surface area contributed by atoms with Gasteiger partial charge in [-0.25, -0.2) is 4.98 Å². The molecule has 0 fully saturated rings. The number of benzene rings is 1. The highest BCUT2D eigenvalue weighted by molar-refractivity contribution is 5.97. The van der Waals surface area contributed by atoms with Crippen LogP contribution in [0, 0.1) is 0 Å². The molecule has 0 radical (unpaired) electrons. The minimum Gasteiger partial charge on any atom is -0.335 e. The van der Waals surface area contributed by atoms with E-state index in [0.717, 1.165) is 57.8 Å². The van der Waals surface area contributed by atoms with Crippen LogP contribution in [0.3, 0.4) is 0 Å². The van der Waals surface area contributed by atoms with Gasteiger partial charge in [0, 0.05) is 61.4 Å². The van der Waals surface area contributed by atoms with Crippen LogP contribution in [0.4, 0.5) is 0 Å². The van der Waals surface area contributed by atoms with Gasteiger partial charge in [0.25, 0.3) is 0 Å². The number of carbonyl (C=O) groups excluding carboxylic acids is 1. The van der Waals surface area contributed by atoms with E-state index in [-0.39, 0.29) is 11.5 Å². The lowest BCUT2D eigenvalue weighted by atomic mass is 10.0. The molecule has 0 spiro atoms. The lowest BCUT2D eigenvalue weighted by Gasteiger charge is -2.28. The molecule has 1 aromatic carbocycles. The first-order chi connectivity index (χ1) is 15.0. The summed E-state index contributed by atoms with van der Waals surface area (Å²) in [5.41, 5.74) is 4.54. The fourth-order valence-corrected chi connectivity index (χ4v) is 4.30. The summed E-state index contributed by atoms with van der Waals surface area (Å²) in [4.78, 5) is 37.6. The number of hydrogen-bond donors (Lipinski definition) is 1. The second kappa shape index (κ2) is 7.50. The maximum absolute atomic E-state index is 12.0. The number of carbonyl (C=O) groups is 1. The molecular formula is C24H23N5O2. The molecule has 5 rings (SSSR count). The maximum atomic E-state index is 12.0. The summed E-state index contributed by atoms with van der Waals surface area (Å²) < 4.78 is 2.26. The van der Waals surface area contributed by atoms with E-state index in [2.05, 4.69) is 33.6 Å². The van der Waals surface area contributed by atoms with Crippen LogP contribution < -0.4 is 5.56 Å². The molecule has 7 heteroatoms. The third-order valence-corrected chi connectivity index (χ3v) is 5.95. The molecular weight excluding hydrogens is 390 g/mol. The number of nitrogens with one attached hydrogen (secondary N) is 1. The summed E-state index contributed by atoms with van der Waals surface area (Å²) in [5, 5.41) is 2.06. The van der Waals surface area contributed by atoms with Gasteiger partial charge >= 0.3 is 0 Å². The topological polar surface area (TPSA) is 83.9 Å². The summed E-state index contributed by atoms with van der Waals surface area (Å²) in [6, 6.07) is 11.4. The fraction of sp³-hybridized carbons (Fsp3) is 0.250. The Kier molecular flexibility index (Phi) is 4.66. The van der Waals surface area contributed by atoms with Crippen molar-refractivity contribution in [1.29, 1.82) is 0 Å². The molecule has 1 amide bonds. The predicted molar refractivity (Wildman–Crippen MR) is 119 cm³/mol. The highest BCUT2D eigenvalue weighted by atomic mass is 16.2. The monoisotopic (exact) mass is 413 g/mol. The molecule has 1 N–H and O–H groups in total. The molecule has 1 aliphatic rings. The molecule has 0 atom stereocenters. The summed E-state index contributed by atoms with van der Waals surface area (Å²) in [7, 11) is 0. The van der Waals surface area contributed by atoms with Crippen LogP contribution in [-0.2, 0) is 24.3 Å². The number of rotatable bonds is 3. The van der Waals surface area contributed by atoms with Gasteiger partial charge in [0.1, 0.15) is 5.82 Å². The van der Waals surface area contributed by atoms with E-state index in [1.54, 1.807) is 19.2 Å². The van der Waals surface area contributed by atoms with E-state index >= 15 is 0 Å². The number of aryl methyl sites for hydroxylation is 1. The number of pyridine rings is 2. The van der Waals surface area contributed by atoms with Crippen molar-refractivity contribution in [2.45, 2.75) is 33.4 Å². The summed E-state index contributed by atoms with van der Waals surface area (Å²) in [5.74, 6) is 1.13. The quantitative estimate of drug-likeness (QED) is 0.558. The summed E-state index contributed by atoms with van der Waals surface area (Å²) in [6.45, 7) is 5.77. The average Bonchev–Trinajstić information content (AvgIpc) is 3.16. The van der Waals surface area contributed by atoms with Crippen LogP contribution in [-0.4, -0.2) is 36.9 Å². The largest absolute Gasteiger partial charge is 0.335 e. The molecule has 0 unspecified atom stereocenters. The Balaban J connectivity index is 1.64. The van der Waals surface area contributed by atoms with E-state index in [1.807, 2.05) is 23.2 Å². The average molecular weight is 413 g/mol. The van der Waals surface area contributed by atoms with Crippen molar-refractivity contribution < 1.29 is 4.79 Å². The number of H-pyrrole nitrogens is 1. The Hall–Kier alpha value is -3.74. The lowest BCUT2D eigenvalue weighted by molar-refractivity contribution is -0.130. The molecule has 0 saturated carbocycles. The third kappa shape index (κ3) is 3.32. The normalized spacial score (nSPS) is 13.4. The second-order valence-electron chi connectivity index (χ2n) is 7.81. The molecule has 4 heterocycles. The van der Waals surface area contributed by atoms with Crippen LogP contribution in [0.2, 0.25) is 0 Å². The van der Waals surface area contributed by atoms with Crippen molar-refractivity contribution >= 4 is 16.7 Å². The Morgan fingerprint density at radius 3 is 2.81 bits per heavy atom. The molecule has 3 aromatic heterocycles. The molecule has 7 nitrogen and oxygen atoms in total. The number of imidazole rings is 1. The molecule has 0 saturated heterocycles. The van der Waals surface area contributed by atoms with E-state index in [1.165, 1.54) is 6.07 Å². The zero-order chi connectivity index (χ0) is 21.5. The predicted octanol–water partition coefficient (Wildman–Crippen LogP) is 3.38. The summed E-state index contributed by atoms with van der Waals surface area (Å²) >= 11 is 0. The highest BCUT2D eigenvalue weighted by Crippen LogP contribution is 2.34. The fourth-order valence-electron chi connectivity index (χ4n) is 4.30. The van der Waals surface area contributed by atoms with Crippen molar-refractivity contribution in [3.05, 3.63) is 70.7 Å². The van der Waals surface area contributed by atoms with Gasteiger partial charge in [-0.15, -0.1) is 0 Å². The zero-order valence-electron chi connectivity index (χ0n) is 17.6. The SMILES string of the molecule is CCc1nc(-c2cccc3cc(-c4ccc(=O)[nH]c4)ncc23)c2n1CCN(C(C)=O)C2. The Bertz CT molecular complexity index is 1350. The van der Waals surface area contributed by atoms with E-state index < -0.39 is 0 Å². The number of nitrogens with zero attached hydrogens (tertiary/aromatic N) is 4. The molecule has 0 bridgehead atoms. The van der Waals surface area contributed by atoms with Crippen molar-refractivity contribution in [3.63, 3.8) is 0 Å². The van der Waals surface area contributed by atoms with Gasteiger partial charge in [0.05, 0.1) is 23.6 Å². The van der Waals surface area contributed by atoms with E-state index in [4.69, 9.17) is 4.98 Å². The van der Waals surface area contributed by atoms with Crippen molar-refractivity contribution in [1.82, 2.24) is 24.4 Å². The molecule has 1 aliphatic heterocycles. The standard InChI is InChI=1S/C24H23N5O2/c1-3-22-27-24(21-14-28(15(2)30)9-10-29(21)22)18-6-4-5-16-11-20(25-13-19(16)18)17-7-8-23(31)26-12-17/h4-8,11-13H,3,9-10,14H2,1-2H3,(H,26,31). The smallest absolute Gasteiger partial charge is 0.247 e. The minimum atomic E-state index is -0.136. The lowest BCUT2D eigenvalue weighted by Crippen LogP contribution is -2.37. The van der Waals surface area contributed by atoms with Gasteiger partial charge in [-0.1, -0.05) is 25.1 Å². The number of hydrogen-bond acceptors (Lipinski definition) is 4. The number of fused-ring (bicyclic) bond motifs is 2. The van der Waals surface area contributed by atoms with Crippen LogP contribution in [0.25, 0.3) is 33.3 Å². The zero-order valence-corrected chi connectivity index (χ0v) is 17.6.